The van der Waals surface area contributed by atoms with Crippen LogP contribution in [0.25, 0.3) is 10.8 Å². The van der Waals surface area contributed by atoms with E-state index < -0.39 is 0 Å². The highest BCUT2D eigenvalue weighted by Crippen LogP contribution is 2.22. The van der Waals surface area contributed by atoms with Crippen molar-refractivity contribution in [1.29, 1.82) is 0 Å². The number of fused-ring (bicyclic) bond motifs is 1. The zero-order valence-electron chi connectivity index (χ0n) is 17.4. The van der Waals surface area contributed by atoms with Crippen molar-refractivity contribution < 1.29 is 18.7 Å². The highest BCUT2D eigenvalue weighted by atomic mass is 35.5. The van der Waals surface area contributed by atoms with Crippen LogP contribution < -0.4 is 14.9 Å². The maximum Gasteiger partial charge on any atom is 0.277 e. The van der Waals surface area contributed by atoms with Crippen LogP contribution in [0.3, 0.4) is 0 Å². The molecule has 0 unspecified atom stereocenters. The lowest BCUT2D eigenvalue weighted by atomic mass is 10.1. The van der Waals surface area contributed by atoms with Gasteiger partial charge in [-0.15, -0.1) is 0 Å². The number of hydrogen-bond donors (Lipinski definition) is 1. The lowest BCUT2D eigenvalue weighted by Gasteiger charge is -2.06. The average Bonchev–Trinajstić information content (AvgIpc) is 3.26. The van der Waals surface area contributed by atoms with Gasteiger partial charge in [0.05, 0.1) is 6.21 Å². The van der Waals surface area contributed by atoms with Gasteiger partial charge in [0.1, 0.15) is 29.6 Å². The first-order valence-electron chi connectivity index (χ1n) is 9.98. The number of nitrogens with one attached hydrogen (secondary N) is 1. The minimum absolute atomic E-state index is 0.145. The second-order valence-electron chi connectivity index (χ2n) is 7.09. The van der Waals surface area contributed by atoms with Gasteiger partial charge in [-0.2, -0.15) is 5.10 Å². The van der Waals surface area contributed by atoms with E-state index in [0.717, 1.165) is 16.3 Å². The van der Waals surface area contributed by atoms with Crippen molar-refractivity contribution in [3.8, 4) is 11.5 Å². The molecule has 32 heavy (non-hydrogen) atoms. The number of halogens is 1. The van der Waals surface area contributed by atoms with Crippen LogP contribution in [0.1, 0.15) is 17.1 Å². The van der Waals surface area contributed by atoms with Gasteiger partial charge in [0.25, 0.3) is 5.91 Å². The number of furan rings is 1. The summed E-state index contributed by atoms with van der Waals surface area (Å²) in [6.07, 6.45) is 1.42. The van der Waals surface area contributed by atoms with E-state index in [1.807, 2.05) is 55.5 Å². The zero-order chi connectivity index (χ0) is 22.3. The molecule has 3 aromatic carbocycles. The predicted octanol–water partition coefficient (Wildman–Crippen LogP) is 5.50. The van der Waals surface area contributed by atoms with Gasteiger partial charge in [0.2, 0.25) is 0 Å². The van der Waals surface area contributed by atoms with E-state index in [4.69, 9.17) is 25.5 Å². The molecule has 0 aliphatic rings. The number of amides is 1. The molecule has 0 saturated heterocycles. The SMILES string of the molecule is Cc1cc(OCc2ccc(/C=N\NC(=O)COc3ccc4ccccc4c3)o2)ccc1Cl. The Labute approximate surface area is 190 Å². The average molecular weight is 449 g/mol. The van der Waals surface area contributed by atoms with E-state index in [0.29, 0.717) is 28.0 Å². The maximum absolute atomic E-state index is 12.0. The number of ether oxygens (including phenoxy) is 2. The molecular weight excluding hydrogens is 428 g/mol. The Morgan fingerprint density at radius 2 is 1.78 bits per heavy atom. The molecule has 0 aliphatic heterocycles. The highest BCUT2D eigenvalue weighted by Gasteiger charge is 2.05. The molecule has 0 fully saturated rings. The fourth-order valence-corrected chi connectivity index (χ4v) is 3.13. The molecule has 6 nitrogen and oxygen atoms in total. The molecule has 0 spiro atoms. The second-order valence-corrected chi connectivity index (χ2v) is 7.50. The summed E-state index contributed by atoms with van der Waals surface area (Å²) in [5.74, 6) is 2.07. The third-order valence-corrected chi connectivity index (χ3v) is 5.09. The summed E-state index contributed by atoms with van der Waals surface area (Å²) in [4.78, 5) is 12.0. The Morgan fingerprint density at radius 3 is 2.62 bits per heavy atom. The molecule has 0 radical (unpaired) electrons. The molecule has 1 heterocycles. The van der Waals surface area contributed by atoms with Crippen LogP contribution in [-0.4, -0.2) is 18.7 Å². The van der Waals surface area contributed by atoms with Crippen LogP contribution >= 0.6 is 11.6 Å². The molecule has 162 valence electrons. The molecule has 4 rings (SSSR count). The quantitative estimate of drug-likeness (QED) is 0.285. The van der Waals surface area contributed by atoms with E-state index in [1.165, 1.54) is 6.21 Å². The Balaban J connectivity index is 1.23. The molecule has 7 heteroatoms. The van der Waals surface area contributed by atoms with Crippen LogP contribution in [0, 0.1) is 6.92 Å². The van der Waals surface area contributed by atoms with Gasteiger partial charge >= 0.3 is 0 Å². The minimum atomic E-state index is -0.373. The summed E-state index contributed by atoms with van der Waals surface area (Å²) in [6.45, 7) is 2.03. The largest absolute Gasteiger partial charge is 0.486 e. The number of benzene rings is 3. The van der Waals surface area contributed by atoms with Gasteiger partial charge < -0.3 is 13.9 Å². The van der Waals surface area contributed by atoms with Crippen molar-refractivity contribution in [2.24, 2.45) is 5.10 Å². The van der Waals surface area contributed by atoms with Crippen molar-refractivity contribution in [2.75, 3.05) is 6.61 Å². The number of hydrazone groups is 1. The van der Waals surface area contributed by atoms with Gasteiger partial charge in [0, 0.05) is 5.02 Å². The first kappa shape index (κ1) is 21.5. The smallest absolute Gasteiger partial charge is 0.277 e. The molecule has 4 aromatic rings. The second kappa shape index (κ2) is 10.0. The van der Waals surface area contributed by atoms with E-state index in [9.17, 15) is 4.79 Å². The number of hydrogen-bond acceptors (Lipinski definition) is 5. The summed E-state index contributed by atoms with van der Waals surface area (Å²) in [5.41, 5.74) is 3.36. The van der Waals surface area contributed by atoms with Crippen LogP contribution in [0.15, 0.2) is 82.3 Å². The molecule has 0 aliphatic carbocycles. The van der Waals surface area contributed by atoms with Crippen molar-refractivity contribution in [3.63, 3.8) is 0 Å². The fourth-order valence-electron chi connectivity index (χ4n) is 3.01. The topological polar surface area (TPSA) is 73.1 Å². The Morgan fingerprint density at radius 1 is 1.00 bits per heavy atom. The van der Waals surface area contributed by atoms with Crippen molar-refractivity contribution >= 4 is 34.5 Å². The van der Waals surface area contributed by atoms with Crippen molar-refractivity contribution in [3.05, 3.63) is 94.9 Å². The van der Waals surface area contributed by atoms with Crippen LogP contribution in [0.2, 0.25) is 5.02 Å². The first-order chi connectivity index (χ1) is 15.6. The number of carbonyl (C=O) groups excluding carboxylic acids is 1. The molecule has 1 aromatic heterocycles. The summed E-state index contributed by atoms with van der Waals surface area (Å²) in [5, 5.41) is 6.76. The first-order valence-corrected chi connectivity index (χ1v) is 10.4. The van der Waals surface area contributed by atoms with Gasteiger partial charge in [0.15, 0.2) is 6.61 Å². The highest BCUT2D eigenvalue weighted by molar-refractivity contribution is 6.31. The van der Waals surface area contributed by atoms with Gasteiger partial charge in [-0.25, -0.2) is 5.43 Å². The Hall–Kier alpha value is -3.77. The number of rotatable bonds is 8. The molecule has 1 amide bonds. The molecule has 0 bridgehead atoms. The summed E-state index contributed by atoms with van der Waals surface area (Å²) in [6, 6.07) is 22.6. The van der Waals surface area contributed by atoms with Crippen molar-refractivity contribution in [1.82, 2.24) is 5.43 Å². The van der Waals surface area contributed by atoms with Crippen LogP contribution in [0.4, 0.5) is 0 Å². The summed E-state index contributed by atoms with van der Waals surface area (Å²) >= 11 is 6.02. The van der Waals surface area contributed by atoms with E-state index in [-0.39, 0.29) is 19.1 Å². The molecule has 0 saturated carbocycles. The van der Waals surface area contributed by atoms with Gasteiger partial charge in [-0.05, 0) is 65.7 Å². The van der Waals surface area contributed by atoms with Crippen LogP contribution in [-0.2, 0) is 11.4 Å². The molecular formula is C25H21ClN2O4. The minimum Gasteiger partial charge on any atom is -0.486 e. The van der Waals surface area contributed by atoms with Gasteiger partial charge in [-0.3, -0.25) is 4.79 Å². The number of carbonyl (C=O) groups is 1. The lowest BCUT2D eigenvalue weighted by Crippen LogP contribution is -2.24. The number of aryl methyl sites for hydroxylation is 1. The Bertz CT molecular complexity index is 1270. The lowest BCUT2D eigenvalue weighted by molar-refractivity contribution is -0.123. The van der Waals surface area contributed by atoms with E-state index in [2.05, 4.69) is 10.5 Å². The normalized spacial score (nSPS) is 11.1. The third-order valence-electron chi connectivity index (χ3n) is 4.66. The van der Waals surface area contributed by atoms with Crippen molar-refractivity contribution in [2.45, 2.75) is 13.5 Å². The predicted molar refractivity (Wildman–Crippen MR) is 124 cm³/mol. The summed E-state index contributed by atoms with van der Waals surface area (Å²) in [7, 11) is 0. The number of nitrogens with zero attached hydrogens (tertiary/aromatic N) is 1. The molecule has 0 atom stereocenters. The van der Waals surface area contributed by atoms with Crippen LogP contribution in [0.5, 0.6) is 11.5 Å². The maximum atomic E-state index is 12.0. The monoisotopic (exact) mass is 448 g/mol. The fraction of sp³-hybridized carbons (Fsp3) is 0.120. The van der Waals surface area contributed by atoms with E-state index >= 15 is 0 Å². The zero-order valence-corrected chi connectivity index (χ0v) is 18.1. The van der Waals surface area contributed by atoms with Gasteiger partial charge in [-0.1, -0.05) is 41.9 Å². The van der Waals surface area contributed by atoms with E-state index in [1.54, 1.807) is 24.3 Å². The Kier molecular flexibility index (Phi) is 6.72. The summed E-state index contributed by atoms with van der Waals surface area (Å²) < 4.78 is 16.9. The standard InChI is InChI=1S/C25H21ClN2O4/c1-17-12-20(10-11-24(17)26)30-15-23-9-8-22(32-23)14-27-28-25(29)16-31-21-7-6-18-4-2-3-5-19(18)13-21/h2-14H,15-16H2,1H3,(H,28,29)/b27-14-. The third kappa shape index (κ3) is 5.68. The molecule has 1 N–H and O–H groups in total.